The van der Waals surface area contributed by atoms with Crippen molar-refractivity contribution >= 4 is 15.5 Å². The van der Waals surface area contributed by atoms with Gasteiger partial charge in [0, 0.05) is 25.0 Å². The van der Waals surface area contributed by atoms with Gasteiger partial charge in [0.15, 0.2) is 9.84 Å². The van der Waals surface area contributed by atoms with Gasteiger partial charge < -0.3 is 10.6 Å². The number of piperidine rings is 1. The Balaban J connectivity index is 2.09. The lowest BCUT2D eigenvalue weighted by Gasteiger charge is -2.34. The molecule has 1 aromatic rings. The molecule has 4 nitrogen and oxygen atoms in total. The van der Waals surface area contributed by atoms with Gasteiger partial charge in [-0.05, 0) is 56.0 Å². The summed E-state index contributed by atoms with van der Waals surface area (Å²) in [6.45, 7) is 2.81. The molecular formula is C14H22N2O2S. The van der Waals surface area contributed by atoms with Gasteiger partial charge in [-0.25, -0.2) is 8.42 Å². The van der Waals surface area contributed by atoms with E-state index in [1.54, 1.807) is 12.1 Å². The molecule has 2 rings (SSSR count). The monoisotopic (exact) mass is 282 g/mol. The van der Waals surface area contributed by atoms with Gasteiger partial charge in [-0.1, -0.05) is 0 Å². The minimum atomic E-state index is -3.10. The summed E-state index contributed by atoms with van der Waals surface area (Å²) in [6, 6.07) is 7.19. The van der Waals surface area contributed by atoms with E-state index in [4.69, 9.17) is 5.73 Å². The quantitative estimate of drug-likeness (QED) is 0.912. The van der Waals surface area contributed by atoms with E-state index < -0.39 is 9.84 Å². The molecule has 0 aromatic heterocycles. The maximum absolute atomic E-state index is 11.4. The van der Waals surface area contributed by atoms with Crippen molar-refractivity contribution in [1.82, 2.24) is 0 Å². The smallest absolute Gasteiger partial charge is 0.175 e. The molecule has 1 unspecified atom stereocenters. The maximum atomic E-state index is 11.4. The molecule has 0 radical (unpaired) electrons. The molecule has 0 spiro atoms. The second kappa shape index (κ2) is 5.92. The van der Waals surface area contributed by atoms with Gasteiger partial charge in [0.05, 0.1) is 4.90 Å². The van der Waals surface area contributed by atoms with E-state index in [-0.39, 0.29) is 0 Å². The molecule has 2 N–H and O–H groups in total. The Morgan fingerprint density at radius 3 is 2.58 bits per heavy atom. The van der Waals surface area contributed by atoms with Gasteiger partial charge in [-0.3, -0.25) is 0 Å². The predicted molar refractivity (Wildman–Crippen MR) is 78.2 cm³/mol. The van der Waals surface area contributed by atoms with E-state index >= 15 is 0 Å². The molecule has 1 fully saturated rings. The first kappa shape index (κ1) is 14.3. The SMILES string of the molecule is CS(=O)(=O)c1ccc(N2CCCC(CCN)C2)cc1. The highest BCUT2D eigenvalue weighted by Gasteiger charge is 2.19. The van der Waals surface area contributed by atoms with E-state index in [0.717, 1.165) is 31.7 Å². The van der Waals surface area contributed by atoms with Crippen molar-refractivity contribution in [3.63, 3.8) is 0 Å². The Hall–Kier alpha value is -1.07. The van der Waals surface area contributed by atoms with E-state index in [1.165, 1.54) is 19.1 Å². The van der Waals surface area contributed by atoms with Gasteiger partial charge in [-0.2, -0.15) is 0 Å². The van der Waals surface area contributed by atoms with Crippen LogP contribution in [0.5, 0.6) is 0 Å². The number of rotatable bonds is 4. The fourth-order valence-corrected chi connectivity index (χ4v) is 3.31. The number of hydrogen-bond acceptors (Lipinski definition) is 4. The summed E-state index contributed by atoms with van der Waals surface area (Å²) in [5.74, 6) is 0.660. The molecule has 1 aliphatic rings. The van der Waals surface area contributed by atoms with Gasteiger partial charge in [0.1, 0.15) is 0 Å². The zero-order valence-electron chi connectivity index (χ0n) is 11.4. The molecule has 1 aromatic carbocycles. The molecule has 0 amide bonds. The van der Waals surface area contributed by atoms with Gasteiger partial charge in [-0.15, -0.1) is 0 Å². The topological polar surface area (TPSA) is 63.4 Å². The lowest BCUT2D eigenvalue weighted by molar-refractivity contribution is 0.396. The lowest BCUT2D eigenvalue weighted by Crippen LogP contribution is -2.36. The summed E-state index contributed by atoms with van der Waals surface area (Å²) in [7, 11) is -3.10. The number of anilines is 1. The van der Waals surface area contributed by atoms with Gasteiger partial charge in [0.25, 0.3) is 0 Å². The fourth-order valence-electron chi connectivity index (χ4n) is 2.68. The molecule has 1 heterocycles. The number of sulfone groups is 1. The Labute approximate surface area is 115 Å². The van der Waals surface area contributed by atoms with E-state index in [1.807, 2.05) is 12.1 Å². The highest BCUT2D eigenvalue weighted by molar-refractivity contribution is 7.90. The van der Waals surface area contributed by atoms with Crippen molar-refractivity contribution in [2.75, 3.05) is 30.8 Å². The Morgan fingerprint density at radius 2 is 2.00 bits per heavy atom. The van der Waals surface area contributed by atoms with Crippen LogP contribution in [0, 0.1) is 5.92 Å². The second-order valence-corrected chi connectivity index (χ2v) is 7.31. The molecule has 19 heavy (non-hydrogen) atoms. The minimum absolute atomic E-state index is 0.381. The average molecular weight is 282 g/mol. The van der Waals surface area contributed by atoms with Crippen LogP contribution in [0.25, 0.3) is 0 Å². The first-order valence-corrected chi connectivity index (χ1v) is 8.65. The zero-order valence-corrected chi connectivity index (χ0v) is 12.2. The number of nitrogens with two attached hydrogens (primary N) is 1. The first-order chi connectivity index (χ1) is 9.00. The number of benzene rings is 1. The normalized spacial score (nSPS) is 20.5. The van der Waals surface area contributed by atoms with Crippen LogP contribution in [-0.4, -0.2) is 34.3 Å². The Bertz CT molecular complexity index is 509. The fraction of sp³-hybridized carbons (Fsp3) is 0.571. The molecule has 1 aliphatic heterocycles. The summed E-state index contributed by atoms with van der Waals surface area (Å²) in [5.41, 5.74) is 6.73. The largest absolute Gasteiger partial charge is 0.371 e. The Kier molecular flexibility index (Phi) is 4.47. The summed E-state index contributed by atoms with van der Waals surface area (Å²) in [5, 5.41) is 0. The second-order valence-electron chi connectivity index (χ2n) is 5.30. The van der Waals surface area contributed by atoms with Crippen LogP contribution in [0.1, 0.15) is 19.3 Å². The summed E-state index contributed by atoms with van der Waals surface area (Å²) in [4.78, 5) is 2.71. The predicted octanol–water partition coefficient (Wildman–Crippen LogP) is 1.66. The number of hydrogen-bond donors (Lipinski definition) is 1. The first-order valence-electron chi connectivity index (χ1n) is 6.76. The van der Waals surface area contributed by atoms with Gasteiger partial charge >= 0.3 is 0 Å². The van der Waals surface area contributed by atoms with Crippen molar-refractivity contribution < 1.29 is 8.42 Å². The molecule has 1 saturated heterocycles. The minimum Gasteiger partial charge on any atom is -0.371 e. The van der Waals surface area contributed by atoms with Crippen LogP contribution < -0.4 is 10.6 Å². The standard InChI is InChI=1S/C14H22N2O2S/c1-19(17,18)14-6-4-13(5-7-14)16-10-2-3-12(11-16)8-9-15/h4-7,12H,2-3,8-11,15H2,1H3. The zero-order chi connectivity index (χ0) is 13.9. The molecule has 106 valence electrons. The van der Waals surface area contributed by atoms with Crippen LogP contribution in [0.3, 0.4) is 0 Å². The third kappa shape index (κ3) is 3.70. The Morgan fingerprint density at radius 1 is 1.32 bits per heavy atom. The van der Waals surface area contributed by atoms with E-state index in [0.29, 0.717) is 10.8 Å². The van der Waals surface area contributed by atoms with Crippen LogP contribution >= 0.6 is 0 Å². The maximum Gasteiger partial charge on any atom is 0.175 e. The van der Waals surface area contributed by atoms with Crippen molar-refractivity contribution in [3.05, 3.63) is 24.3 Å². The third-order valence-corrected chi connectivity index (χ3v) is 4.85. The highest BCUT2D eigenvalue weighted by atomic mass is 32.2. The summed E-state index contributed by atoms with van der Waals surface area (Å²) < 4.78 is 22.9. The highest BCUT2D eigenvalue weighted by Crippen LogP contribution is 2.25. The lowest BCUT2D eigenvalue weighted by atomic mass is 9.94. The average Bonchev–Trinajstić information content (AvgIpc) is 2.39. The molecule has 1 atom stereocenters. The van der Waals surface area contributed by atoms with E-state index in [2.05, 4.69) is 4.90 Å². The summed E-state index contributed by atoms with van der Waals surface area (Å²) >= 11 is 0. The van der Waals surface area contributed by atoms with Crippen LogP contribution in [0.15, 0.2) is 29.2 Å². The molecular weight excluding hydrogens is 260 g/mol. The van der Waals surface area contributed by atoms with Crippen molar-refractivity contribution in [2.45, 2.75) is 24.2 Å². The van der Waals surface area contributed by atoms with Crippen LogP contribution in [-0.2, 0) is 9.84 Å². The van der Waals surface area contributed by atoms with Gasteiger partial charge in [0.2, 0.25) is 0 Å². The molecule has 0 aliphatic carbocycles. The molecule has 0 saturated carbocycles. The molecule has 5 heteroatoms. The third-order valence-electron chi connectivity index (χ3n) is 3.72. The van der Waals surface area contributed by atoms with Crippen molar-refractivity contribution in [3.8, 4) is 0 Å². The molecule has 0 bridgehead atoms. The van der Waals surface area contributed by atoms with Crippen LogP contribution in [0.4, 0.5) is 5.69 Å². The van der Waals surface area contributed by atoms with Crippen molar-refractivity contribution in [2.24, 2.45) is 11.7 Å². The van der Waals surface area contributed by atoms with Crippen LogP contribution in [0.2, 0.25) is 0 Å². The summed E-state index contributed by atoms with van der Waals surface area (Å²) in [6.07, 6.45) is 4.73. The number of nitrogens with zero attached hydrogens (tertiary/aromatic N) is 1. The van der Waals surface area contributed by atoms with E-state index in [9.17, 15) is 8.42 Å². The van der Waals surface area contributed by atoms with Crippen molar-refractivity contribution in [1.29, 1.82) is 0 Å².